The summed E-state index contributed by atoms with van der Waals surface area (Å²) in [6.07, 6.45) is 0. The van der Waals surface area contributed by atoms with Crippen LogP contribution < -0.4 is 9.47 Å². The van der Waals surface area contributed by atoms with Crippen molar-refractivity contribution in [3.8, 4) is 11.5 Å². The fourth-order valence-corrected chi connectivity index (χ4v) is 1.17. The van der Waals surface area contributed by atoms with Crippen LogP contribution in [-0.2, 0) is 0 Å². The third kappa shape index (κ3) is 2.08. The van der Waals surface area contributed by atoms with Crippen molar-refractivity contribution in [1.29, 1.82) is 0 Å². The van der Waals surface area contributed by atoms with E-state index in [0.29, 0.717) is 6.61 Å². The second kappa shape index (κ2) is 4.26. The minimum Gasteiger partial charge on any atom is -0.497 e. The van der Waals surface area contributed by atoms with Crippen molar-refractivity contribution in [1.82, 2.24) is 0 Å². The highest BCUT2D eigenvalue weighted by molar-refractivity contribution is 7.80. The predicted molar refractivity (Wildman–Crippen MR) is 51.4 cm³/mol. The van der Waals surface area contributed by atoms with Gasteiger partial charge in [-0.25, -0.2) is 0 Å². The first-order valence-corrected chi connectivity index (χ1v) is 4.22. The normalized spacial score (nSPS) is 9.58. The molecule has 0 aliphatic heterocycles. The Hall–Kier alpha value is -0.830. The van der Waals surface area contributed by atoms with Gasteiger partial charge in [-0.3, -0.25) is 0 Å². The van der Waals surface area contributed by atoms with Crippen LogP contribution in [0.5, 0.6) is 11.5 Å². The lowest BCUT2D eigenvalue weighted by atomic mass is 10.3. The van der Waals surface area contributed by atoms with Gasteiger partial charge in [-0.15, -0.1) is 12.6 Å². The number of rotatable bonds is 3. The number of ether oxygens (including phenoxy) is 2. The Morgan fingerprint density at radius 3 is 2.67 bits per heavy atom. The highest BCUT2D eigenvalue weighted by Crippen LogP contribution is 2.26. The van der Waals surface area contributed by atoms with Gasteiger partial charge in [0.1, 0.15) is 11.5 Å². The topological polar surface area (TPSA) is 18.5 Å². The second-order valence-electron chi connectivity index (χ2n) is 2.27. The molecule has 0 atom stereocenters. The monoisotopic (exact) mass is 184 g/mol. The lowest BCUT2D eigenvalue weighted by Crippen LogP contribution is -1.92. The van der Waals surface area contributed by atoms with E-state index in [1.165, 1.54) is 0 Å². The molecule has 0 aliphatic rings. The zero-order valence-electron chi connectivity index (χ0n) is 7.20. The van der Waals surface area contributed by atoms with Crippen LogP contribution in [0.1, 0.15) is 6.92 Å². The largest absolute Gasteiger partial charge is 0.497 e. The molecule has 66 valence electrons. The van der Waals surface area contributed by atoms with Crippen LogP contribution in [0.15, 0.2) is 23.1 Å². The molecule has 0 saturated heterocycles. The third-order valence-electron chi connectivity index (χ3n) is 1.47. The molecular formula is C9H12O2S. The standard InChI is InChI=1S/C9H12O2S/c1-3-11-8-5-4-7(10-2)6-9(8)12/h4-6,12H,3H2,1-2H3. The molecule has 3 heteroatoms. The van der Waals surface area contributed by atoms with E-state index in [4.69, 9.17) is 9.47 Å². The van der Waals surface area contributed by atoms with Gasteiger partial charge in [-0.05, 0) is 25.1 Å². The fraction of sp³-hybridized carbons (Fsp3) is 0.333. The SMILES string of the molecule is CCOc1ccc(OC)cc1S. The van der Waals surface area contributed by atoms with Gasteiger partial charge in [0.2, 0.25) is 0 Å². The van der Waals surface area contributed by atoms with E-state index in [1.54, 1.807) is 7.11 Å². The number of benzene rings is 1. The first-order chi connectivity index (χ1) is 5.77. The second-order valence-corrected chi connectivity index (χ2v) is 2.75. The molecule has 0 heterocycles. The molecule has 0 spiro atoms. The minimum atomic E-state index is 0.653. The van der Waals surface area contributed by atoms with Gasteiger partial charge in [0.25, 0.3) is 0 Å². The van der Waals surface area contributed by atoms with Crippen LogP contribution in [0.25, 0.3) is 0 Å². The molecule has 0 N–H and O–H groups in total. The Bertz CT molecular complexity index is 261. The van der Waals surface area contributed by atoms with Crippen molar-refractivity contribution in [2.75, 3.05) is 13.7 Å². The number of thiol groups is 1. The fourth-order valence-electron chi connectivity index (χ4n) is 0.902. The van der Waals surface area contributed by atoms with Gasteiger partial charge in [-0.1, -0.05) is 0 Å². The Morgan fingerprint density at radius 2 is 2.17 bits per heavy atom. The molecule has 0 aliphatic carbocycles. The van der Waals surface area contributed by atoms with Gasteiger partial charge < -0.3 is 9.47 Å². The molecule has 1 rings (SSSR count). The molecule has 2 nitrogen and oxygen atoms in total. The van der Waals surface area contributed by atoms with Crippen molar-refractivity contribution in [3.05, 3.63) is 18.2 Å². The summed E-state index contributed by atoms with van der Waals surface area (Å²) in [7, 11) is 1.63. The summed E-state index contributed by atoms with van der Waals surface area (Å²) >= 11 is 4.25. The molecule has 1 aromatic carbocycles. The lowest BCUT2D eigenvalue weighted by molar-refractivity contribution is 0.330. The quantitative estimate of drug-likeness (QED) is 0.727. The van der Waals surface area contributed by atoms with Crippen molar-refractivity contribution >= 4 is 12.6 Å². The molecule has 0 amide bonds. The zero-order valence-corrected chi connectivity index (χ0v) is 8.10. The summed E-state index contributed by atoms with van der Waals surface area (Å²) in [6.45, 7) is 2.59. The molecule has 0 bridgehead atoms. The average molecular weight is 184 g/mol. The van der Waals surface area contributed by atoms with Crippen molar-refractivity contribution < 1.29 is 9.47 Å². The van der Waals surface area contributed by atoms with Gasteiger partial charge >= 0.3 is 0 Å². The summed E-state index contributed by atoms with van der Waals surface area (Å²) < 4.78 is 10.3. The van der Waals surface area contributed by atoms with Crippen molar-refractivity contribution in [3.63, 3.8) is 0 Å². The third-order valence-corrected chi connectivity index (χ3v) is 1.82. The number of methoxy groups -OCH3 is 1. The molecule has 0 radical (unpaired) electrons. The predicted octanol–water partition coefficient (Wildman–Crippen LogP) is 2.38. The summed E-state index contributed by atoms with van der Waals surface area (Å²) in [4.78, 5) is 0.802. The van der Waals surface area contributed by atoms with E-state index in [0.717, 1.165) is 16.4 Å². The summed E-state index contributed by atoms with van der Waals surface area (Å²) in [5.41, 5.74) is 0. The van der Waals surface area contributed by atoms with E-state index in [1.807, 2.05) is 25.1 Å². The first kappa shape index (κ1) is 9.26. The smallest absolute Gasteiger partial charge is 0.132 e. The van der Waals surface area contributed by atoms with Crippen molar-refractivity contribution in [2.45, 2.75) is 11.8 Å². The highest BCUT2D eigenvalue weighted by atomic mass is 32.1. The number of hydrogen-bond acceptors (Lipinski definition) is 3. The van der Waals surface area contributed by atoms with Gasteiger partial charge in [0.15, 0.2) is 0 Å². The van der Waals surface area contributed by atoms with Gasteiger partial charge in [0, 0.05) is 4.90 Å². The Balaban J connectivity index is 2.87. The Morgan fingerprint density at radius 1 is 1.42 bits per heavy atom. The van der Waals surface area contributed by atoms with E-state index in [9.17, 15) is 0 Å². The van der Waals surface area contributed by atoms with E-state index >= 15 is 0 Å². The van der Waals surface area contributed by atoms with Crippen molar-refractivity contribution in [2.24, 2.45) is 0 Å². The van der Waals surface area contributed by atoms with Crippen LogP contribution >= 0.6 is 12.6 Å². The summed E-state index contributed by atoms with van der Waals surface area (Å²) in [5, 5.41) is 0. The van der Waals surface area contributed by atoms with Gasteiger partial charge in [0.05, 0.1) is 13.7 Å². The van der Waals surface area contributed by atoms with Crippen LogP contribution in [0.2, 0.25) is 0 Å². The minimum absolute atomic E-state index is 0.653. The van der Waals surface area contributed by atoms with E-state index in [2.05, 4.69) is 12.6 Å². The van der Waals surface area contributed by atoms with Crippen LogP contribution in [0.4, 0.5) is 0 Å². The Labute approximate surface area is 77.9 Å². The zero-order chi connectivity index (χ0) is 8.97. The van der Waals surface area contributed by atoms with E-state index in [-0.39, 0.29) is 0 Å². The molecule has 0 unspecified atom stereocenters. The number of hydrogen-bond donors (Lipinski definition) is 1. The average Bonchev–Trinajstić information content (AvgIpc) is 2.09. The lowest BCUT2D eigenvalue weighted by Gasteiger charge is -2.07. The molecule has 1 aromatic rings. The summed E-state index contributed by atoms with van der Waals surface area (Å²) in [6, 6.07) is 5.53. The van der Waals surface area contributed by atoms with Gasteiger partial charge in [-0.2, -0.15) is 0 Å². The summed E-state index contributed by atoms with van der Waals surface area (Å²) in [5.74, 6) is 1.59. The highest BCUT2D eigenvalue weighted by Gasteiger charge is 2.00. The van der Waals surface area contributed by atoms with Crippen LogP contribution in [0, 0.1) is 0 Å². The molecule has 12 heavy (non-hydrogen) atoms. The molecule has 0 aromatic heterocycles. The molecular weight excluding hydrogens is 172 g/mol. The van der Waals surface area contributed by atoms with Crippen LogP contribution in [0.3, 0.4) is 0 Å². The molecule has 0 saturated carbocycles. The van der Waals surface area contributed by atoms with Crippen LogP contribution in [-0.4, -0.2) is 13.7 Å². The first-order valence-electron chi connectivity index (χ1n) is 3.77. The maximum atomic E-state index is 5.30. The maximum Gasteiger partial charge on any atom is 0.132 e. The molecule has 0 fully saturated rings. The maximum absolute atomic E-state index is 5.30. The van der Waals surface area contributed by atoms with E-state index < -0.39 is 0 Å². The Kier molecular flexibility index (Phi) is 3.29.